The molecule has 0 N–H and O–H groups in total. The molecule has 6 heteroatoms. The Kier molecular flexibility index (Phi) is 5.60. The minimum absolute atomic E-state index is 0.0682. The van der Waals surface area contributed by atoms with Crippen LogP contribution in [0.3, 0.4) is 0 Å². The molecule has 0 radical (unpaired) electrons. The molecule has 3 aromatic rings. The summed E-state index contributed by atoms with van der Waals surface area (Å²) in [5, 5.41) is 4.11. The number of nitrogens with zero attached hydrogens (tertiary/aromatic N) is 3. The zero-order valence-corrected chi connectivity index (χ0v) is 16.8. The van der Waals surface area contributed by atoms with Gasteiger partial charge in [0.15, 0.2) is 0 Å². The number of amides is 1. The first-order valence-electron chi connectivity index (χ1n) is 10.0. The summed E-state index contributed by atoms with van der Waals surface area (Å²) in [6, 6.07) is 15.9. The maximum Gasteiger partial charge on any atom is 0.232 e. The number of benzene rings is 2. The summed E-state index contributed by atoms with van der Waals surface area (Å²) in [5.74, 6) is 1.93. The van der Waals surface area contributed by atoms with E-state index in [1.54, 1.807) is 0 Å². The van der Waals surface area contributed by atoms with Crippen molar-refractivity contribution in [1.29, 1.82) is 0 Å². The van der Waals surface area contributed by atoms with Crippen molar-refractivity contribution in [2.24, 2.45) is 0 Å². The number of rotatable bonds is 7. The average Bonchev–Trinajstić information content (AvgIpc) is 3.36. The van der Waals surface area contributed by atoms with Gasteiger partial charge in [0.2, 0.25) is 17.6 Å². The van der Waals surface area contributed by atoms with E-state index in [1.807, 2.05) is 29.2 Å². The number of aryl methyl sites for hydroxylation is 1. The van der Waals surface area contributed by atoms with Gasteiger partial charge in [-0.1, -0.05) is 41.9 Å². The normalized spacial score (nSPS) is 16.4. The van der Waals surface area contributed by atoms with E-state index >= 15 is 0 Å². The second-order valence-corrected chi connectivity index (χ2v) is 7.49. The van der Waals surface area contributed by atoms with Crippen molar-refractivity contribution in [2.75, 3.05) is 13.2 Å². The topological polar surface area (TPSA) is 68.5 Å². The van der Waals surface area contributed by atoms with E-state index in [-0.39, 0.29) is 11.8 Å². The van der Waals surface area contributed by atoms with Crippen molar-refractivity contribution in [1.82, 2.24) is 15.0 Å². The van der Waals surface area contributed by atoms with Crippen molar-refractivity contribution in [3.05, 3.63) is 65.5 Å². The predicted molar refractivity (Wildman–Crippen MR) is 109 cm³/mol. The van der Waals surface area contributed by atoms with Crippen LogP contribution < -0.4 is 4.74 Å². The first-order chi connectivity index (χ1) is 14.1. The smallest absolute Gasteiger partial charge is 0.232 e. The van der Waals surface area contributed by atoms with E-state index in [2.05, 4.69) is 48.3 Å². The lowest BCUT2D eigenvalue weighted by molar-refractivity contribution is -0.128. The predicted octanol–water partition coefficient (Wildman–Crippen LogP) is 4.35. The number of aromatic nitrogens is 2. The maximum absolute atomic E-state index is 12.5. The Bertz CT molecular complexity index is 964. The van der Waals surface area contributed by atoms with Crippen molar-refractivity contribution >= 4 is 5.91 Å². The van der Waals surface area contributed by atoms with Crippen LogP contribution in [0.2, 0.25) is 0 Å². The fraction of sp³-hybridized carbons (Fsp3) is 0.348. The molecule has 1 unspecified atom stereocenters. The van der Waals surface area contributed by atoms with Crippen LogP contribution in [0.25, 0.3) is 11.4 Å². The molecule has 1 saturated heterocycles. The SMILES string of the molecule is CCCOc1ccc(-c2noc(C3CC(=O)N(Cc4ccc(C)cc4)C3)n2)cc1. The van der Waals surface area contributed by atoms with E-state index in [0.717, 1.165) is 23.3 Å². The Balaban J connectivity index is 1.41. The molecule has 150 valence electrons. The van der Waals surface area contributed by atoms with Crippen LogP contribution in [0.5, 0.6) is 5.75 Å². The van der Waals surface area contributed by atoms with Crippen LogP contribution in [0.15, 0.2) is 53.1 Å². The summed E-state index contributed by atoms with van der Waals surface area (Å²) in [7, 11) is 0. The van der Waals surface area contributed by atoms with Crippen molar-refractivity contribution in [3.8, 4) is 17.1 Å². The number of hydrogen-bond donors (Lipinski definition) is 0. The lowest BCUT2D eigenvalue weighted by Gasteiger charge is -2.16. The largest absolute Gasteiger partial charge is 0.494 e. The lowest BCUT2D eigenvalue weighted by Crippen LogP contribution is -2.24. The highest BCUT2D eigenvalue weighted by Gasteiger charge is 2.34. The van der Waals surface area contributed by atoms with Gasteiger partial charge in [-0.25, -0.2) is 0 Å². The number of ether oxygens (including phenoxy) is 1. The van der Waals surface area contributed by atoms with Crippen molar-refractivity contribution in [2.45, 2.75) is 39.2 Å². The molecular formula is C23H25N3O3. The highest BCUT2D eigenvalue weighted by molar-refractivity contribution is 5.79. The number of hydrogen-bond acceptors (Lipinski definition) is 5. The first-order valence-corrected chi connectivity index (χ1v) is 10.0. The Hall–Kier alpha value is -3.15. The third kappa shape index (κ3) is 4.47. The molecule has 2 heterocycles. The third-order valence-corrected chi connectivity index (χ3v) is 5.08. The van der Waals surface area contributed by atoms with Crippen LogP contribution in [0.4, 0.5) is 0 Å². The third-order valence-electron chi connectivity index (χ3n) is 5.08. The van der Waals surface area contributed by atoms with Crippen LogP contribution in [-0.4, -0.2) is 34.1 Å². The zero-order valence-electron chi connectivity index (χ0n) is 16.8. The van der Waals surface area contributed by atoms with Gasteiger partial charge in [0.25, 0.3) is 0 Å². The van der Waals surface area contributed by atoms with E-state index in [9.17, 15) is 4.79 Å². The minimum atomic E-state index is -0.0682. The van der Waals surface area contributed by atoms with E-state index in [1.165, 1.54) is 5.56 Å². The van der Waals surface area contributed by atoms with Crippen molar-refractivity contribution < 1.29 is 14.1 Å². The fourth-order valence-electron chi connectivity index (χ4n) is 3.44. The molecule has 0 aliphatic carbocycles. The van der Waals surface area contributed by atoms with Gasteiger partial charge >= 0.3 is 0 Å². The molecule has 1 aliphatic rings. The Labute approximate surface area is 170 Å². The molecule has 1 atom stereocenters. The van der Waals surface area contributed by atoms with Gasteiger partial charge in [0.1, 0.15) is 5.75 Å². The minimum Gasteiger partial charge on any atom is -0.494 e. The van der Waals surface area contributed by atoms with Crippen LogP contribution in [-0.2, 0) is 11.3 Å². The maximum atomic E-state index is 12.5. The van der Waals surface area contributed by atoms with E-state index < -0.39 is 0 Å². The molecule has 6 nitrogen and oxygen atoms in total. The van der Waals surface area contributed by atoms with E-state index in [0.29, 0.717) is 37.8 Å². The summed E-state index contributed by atoms with van der Waals surface area (Å²) in [4.78, 5) is 18.9. The van der Waals surface area contributed by atoms with Crippen LogP contribution in [0.1, 0.15) is 42.7 Å². The number of carbonyl (C=O) groups excluding carboxylic acids is 1. The molecule has 29 heavy (non-hydrogen) atoms. The Morgan fingerprint density at radius 3 is 2.62 bits per heavy atom. The summed E-state index contributed by atoms with van der Waals surface area (Å²) < 4.78 is 11.1. The highest BCUT2D eigenvalue weighted by Crippen LogP contribution is 2.30. The van der Waals surface area contributed by atoms with Gasteiger partial charge < -0.3 is 14.2 Å². The molecule has 1 amide bonds. The standard InChI is InChI=1S/C23H25N3O3/c1-3-12-28-20-10-8-18(9-11-20)22-24-23(29-25-22)19-13-21(27)26(15-19)14-17-6-4-16(2)5-7-17/h4-11,19H,3,12-15H2,1-2H3. The fourth-order valence-corrected chi connectivity index (χ4v) is 3.44. The van der Waals surface area contributed by atoms with Gasteiger partial charge in [0, 0.05) is 25.1 Å². The van der Waals surface area contributed by atoms with Gasteiger partial charge in [-0.3, -0.25) is 4.79 Å². The molecule has 0 bridgehead atoms. The Morgan fingerprint density at radius 2 is 1.90 bits per heavy atom. The monoisotopic (exact) mass is 391 g/mol. The number of likely N-dealkylation sites (tertiary alicyclic amines) is 1. The van der Waals surface area contributed by atoms with Crippen LogP contribution in [0, 0.1) is 6.92 Å². The molecule has 1 fully saturated rings. The highest BCUT2D eigenvalue weighted by atomic mass is 16.5. The summed E-state index contributed by atoms with van der Waals surface area (Å²) in [6.45, 7) is 6.03. The van der Waals surface area contributed by atoms with Crippen LogP contribution >= 0.6 is 0 Å². The second-order valence-electron chi connectivity index (χ2n) is 7.49. The summed E-state index contributed by atoms with van der Waals surface area (Å²) in [5.41, 5.74) is 3.20. The number of carbonyl (C=O) groups is 1. The molecular weight excluding hydrogens is 366 g/mol. The second kappa shape index (κ2) is 8.47. The molecule has 1 aliphatic heterocycles. The first kappa shape index (κ1) is 19.2. The van der Waals surface area contributed by atoms with Gasteiger partial charge in [-0.05, 0) is 43.2 Å². The molecule has 1 aromatic heterocycles. The molecule has 2 aromatic carbocycles. The summed E-state index contributed by atoms with van der Waals surface area (Å²) >= 11 is 0. The molecule has 0 spiro atoms. The van der Waals surface area contributed by atoms with Gasteiger partial charge in [0.05, 0.1) is 12.5 Å². The van der Waals surface area contributed by atoms with Gasteiger partial charge in [-0.2, -0.15) is 4.98 Å². The molecule has 0 saturated carbocycles. The lowest BCUT2D eigenvalue weighted by atomic mass is 10.1. The summed E-state index contributed by atoms with van der Waals surface area (Å²) in [6.07, 6.45) is 1.37. The molecule has 4 rings (SSSR count). The van der Waals surface area contributed by atoms with Crippen molar-refractivity contribution in [3.63, 3.8) is 0 Å². The quantitative estimate of drug-likeness (QED) is 0.599. The zero-order chi connectivity index (χ0) is 20.2. The van der Waals surface area contributed by atoms with E-state index in [4.69, 9.17) is 9.26 Å². The van der Waals surface area contributed by atoms with Gasteiger partial charge in [-0.15, -0.1) is 0 Å². The Morgan fingerprint density at radius 1 is 1.14 bits per heavy atom. The average molecular weight is 391 g/mol.